The van der Waals surface area contributed by atoms with E-state index in [1.807, 2.05) is 0 Å². The third-order valence-electron chi connectivity index (χ3n) is 1.74. The van der Waals surface area contributed by atoms with Gasteiger partial charge in [0.05, 0.1) is 6.33 Å². The van der Waals surface area contributed by atoms with Gasteiger partial charge in [-0.2, -0.15) is 0 Å². The first-order valence-corrected chi connectivity index (χ1v) is 3.40. The number of imidazole rings is 1. The zero-order valence-electron chi connectivity index (χ0n) is 9.60. The van der Waals surface area contributed by atoms with Gasteiger partial charge < -0.3 is 4.98 Å². The first kappa shape index (κ1) is 5.00. The van der Waals surface area contributed by atoms with Crippen LogP contribution in [0.1, 0.15) is 2.74 Å². The molecule has 0 aliphatic heterocycles. The van der Waals surface area contributed by atoms with Gasteiger partial charge in [0.25, 0.3) is 5.56 Å². The van der Waals surface area contributed by atoms with Gasteiger partial charge in [-0.3, -0.25) is 13.9 Å². The van der Waals surface area contributed by atoms with Gasteiger partial charge >= 0.3 is 5.69 Å². The summed E-state index contributed by atoms with van der Waals surface area (Å²) in [4.78, 5) is 27.8. The maximum atomic E-state index is 11.7. The summed E-state index contributed by atoms with van der Waals surface area (Å²) in [5.41, 5.74) is -1.57. The molecule has 0 bridgehead atoms. The number of rotatable bonds is 0. The van der Waals surface area contributed by atoms with E-state index in [9.17, 15) is 9.59 Å². The largest absolute Gasteiger partial charge is 0.339 e. The van der Waals surface area contributed by atoms with Crippen LogP contribution < -0.4 is 11.2 Å². The van der Waals surface area contributed by atoms with Gasteiger partial charge in [-0.1, -0.05) is 0 Å². The van der Waals surface area contributed by atoms with Crippen molar-refractivity contribution in [1.29, 1.82) is 0 Å². The predicted molar refractivity (Wildman–Crippen MR) is 46.6 cm³/mol. The molecule has 13 heavy (non-hydrogen) atoms. The Morgan fingerprint density at radius 2 is 2.31 bits per heavy atom. The van der Waals surface area contributed by atoms with Crippen LogP contribution in [0, 0.1) is 0 Å². The molecule has 0 aliphatic rings. The van der Waals surface area contributed by atoms with E-state index in [-0.39, 0.29) is 11.2 Å². The Morgan fingerprint density at radius 3 is 3.00 bits per heavy atom. The van der Waals surface area contributed by atoms with Crippen LogP contribution >= 0.6 is 0 Å². The first-order chi connectivity index (χ1) is 7.61. The Hall–Kier alpha value is -1.85. The van der Waals surface area contributed by atoms with Crippen LogP contribution in [0.5, 0.6) is 0 Å². The van der Waals surface area contributed by atoms with Crippen LogP contribution in [0.25, 0.3) is 11.2 Å². The fourth-order valence-corrected chi connectivity index (χ4v) is 1.06. The summed E-state index contributed by atoms with van der Waals surface area (Å²) >= 11 is 0. The molecule has 2 aromatic heterocycles. The van der Waals surface area contributed by atoms with Crippen LogP contribution in [0.15, 0.2) is 15.9 Å². The fourth-order valence-electron chi connectivity index (χ4n) is 1.06. The Kier molecular flexibility index (Phi) is 0.892. The standard InChI is InChI=1S/C7H8N4O2/c1-10-5-4(8-3-9-5)6(12)11(2)7(10)13/h3H,1-2H3,(H,8,9)/i1D,2D/hD. The average molecular weight is 183 g/mol. The normalized spacial score (nSPS) is 14.0. The lowest BCUT2D eigenvalue weighted by Gasteiger charge is -2.00. The number of nitrogens with one attached hydrogen (secondary N) is 1. The van der Waals surface area contributed by atoms with Crippen molar-refractivity contribution in [1.82, 2.24) is 19.1 Å². The monoisotopic (exact) mass is 183 g/mol. The summed E-state index contributed by atoms with van der Waals surface area (Å²) in [7, 11) is -0.953. The summed E-state index contributed by atoms with van der Waals surface area (Å²) in [5.74, 6) is 0. The predicted octanol–water partition coefficient (Wildman–Crippen LogP) is -1.04. The summed E-state index contributed by atoms with van der Waals surface area (Å²) < 4.78 is 23.3. The molecule has 2 heterocycles. The van der Waals surface area contributed by atoms with Crippen molar-refractivity contribution in [3.63, 3.8) is 0 Å². The second-order valence-corrected chi connectivity index (χ2v) is 2.49. The molecule has 0 radical (unpaired) electrons. The lowest BCUT2D eigenvalue weighted by molar-refractivity contribution is 0.709. The van der Waals surface area contributed by atoms with Crippen LogP contribution in [0.3, 0.4) is 0 Å². The molecule has 68 valence electrons. The number of hydrogen-bond donors (Lipinski definition) is 1. The highest BCUT2D eigenvalue weighted by Crippen LogP contribution is 1.97. The van der Waals surface area contributed by atoms with Crippen molar-refractivity contribution in [2.75, 3.05) is 0 Å². The van der Waals surface area contributed by atoms with E-state index >= 15 is 0 Å². The van der Waals surface area contributed by atoms with Crippen LogP contribution in [0.2, 0.25) is 1.41 Å². The number of aromatic nitrogens is 4. The molecule has 0 amide bonds. The first-order valence-electron chi connectivity index (χ1n) is 5.26. The topological polar surface area (TPSA) is 72.7 Å². The molecule has 0 aliphatic carbocycles. The summed E-state index contributed by atoms with van der Waals surface area (Å²) in [6.07, 6.45) is 1.08. The molecule has 6 heteroatoms. The number of H-pyrrole nitrogens is 1. The van der Waals surface area contributed by atoms with Crippen LogP contribution in [0.4, 0.5) is 0 Å². The second kappa shape index (κ2) is 2.32. The number of fused-ring (bicyclic) bond motifs is 1. The molecular weight excluding hydrogens is 172 g/mol. The quantitative estimate of drug-likeness (QED) is 0.567. The lowest BCUT2D eigenvalue weighted by atomic mass is 10.5. The highest BCUT2D eigenvalue weighted by atomic mass is 16.2. The molecular formula is C7H8N4O2. The fraction of sp³-hybridized carbons (Fsp3) is 0.286. The zero-order valence-corrected chi connectivity index (χ0v) is 6.60. The number of aromatic amines is 1. The maximum Gasteiger partial charge on any atom is 0.332 e. The smallest absolute Gasteiger partial charge is 0.332 e. The van der Waals surface area contributed by atoms with Gasteiger partial charge in [0.15, 0.2) is 7.06 Å². The van der Waals surface area contributed by atoms with Crippen molar-refractivity contribution >= 4 is 11.2 Å². The molecule has 0 saturated carbocycles. The number of aryl methyl sites for hydroxylation is 1. The molecule has 1 N–H and O–H groups in total. The van der Waals surface area contributed by atoms with Crippen LogP contribution in [-0.4, -0.2) is 19.1 Å². The number of nitrogens with zero attached hydrogens (tertiary/aromatic N) is 3. The van der Waals surface area contributed by atoms with Crippen molar-refractivity contribution in [2.24, 2.45) is 14.0 Å². The molecule has 2 rings (SSSR count). The van der Waals surface area contributed by atoms with Crippen molar-refractivity contribution in [3.8, 4) is 0 Å². The molecule has 0 aromatic carbocycles. The Bertz CT molecular complexity index is 656. The SMILES string of the molecule is [2H]Cn1c(=O)c2c(ncn2[2H])n(C[2H])c1=O. The molecule has 0 unspecified atom stereocenters. The summed E-state index contributed by atoms with van der Waals surface area (Å²) in [6.45, 7) is 0. The zero-order chi connectivity index (χ0) is 11.9. The molecule has 0 atom stereocenters. The van der Waals surface area contributed by atoms with E-state index in [0.717, 1.165) is 15.9 Å². The second-order valence-electron chi connectivity index (χ2n) is 2.49. The summed E-state index contributed by atoms with van der Waals surface area (Å²) in [6, 6.07) is 0. The minimum atomic E-state index is -0.749. The highest BCUT2D eigenvalue weighted by molar-refractivity contribution is 5.68. The van der Waals surface area contributed by atoms with Gasteiger partial charge in [-0.25, -0.2) is 9.78 Å². The van der Waals surface area contributed by atoms with Crippen molar-refractivity contribution in [3.05, 3.63) is 27.2 Å². The van der Waals surface area contributed by atoms with Crippen LogP contribution in [-0.2, 0) is 14.0 Å². The number of hydrogen-bond acceptors (Lipinski definition) is 3. The molecule has 2 aromatic rings. The minimum absolute atomic E-state index is 0.00435. The van der Waals surface area contributed by atoms with E-state index in [2.05, 4.69) is 4.98 Å². The van der Waals surface area contributed by atoms with Gasteiger partial charge in [0.2, 0.25) is 0 Å². The van der Waals surface area contributed by atoms with E-state index in [4.69, 9.17) is 4.15 Å². The van der Waals surface area contributed by atoms with Gasteiger partial charge in [0, 0.05) is 16.8 Å². The van der Waals surface area contributed by atoms with E-state index in [0.29, 0.717) is 4.57 Å². The van der Waals surface area contributed by atoms with Gasteiger partial charge in [0.1, 0.15) is 5.52 Å². The van der Waals surface area contributed by atoms with Gasteiger partial charge in [-0.05, 0) is 0 Å². The Morgan fingerprint density at radius 1 is 1.54 bits per heavy atom. The summed E-state index contributed by atoms with van der Waals surface area (Å²) in [5, 5.41) is 0. The van der Waals surface area contributed by atoms with Gasteiger partial charge in [-0.15, -0.1) is 0 Å². The molecule has 0 fully saturated rings. The molecule has 0 saturated heterocycles. The van der Waals surface area contributed by atoms with E-state index in [1.165, 1.54) is 0 Å². The van der Waals surface area contributed by atoms with Crippen molar-refractivity contribution < 1.29 is 4.15 Å². The third-order valence-corrected chi connectivity index (χ3v) is 1.74. The maximum absolute atomic E-state index is 11.7. The Labute approximate surface area is 76.7 Å². The molecule has 6 nitrogen and oxygen atoms in total. The van der Waals surface area contributed by atoms with E-state index in [1.54, 1.807) is 0 Å². The lowest BCUT2D eigenvalue weighted by Crippen LogP contribution is -2.36. The third kappa shape index (κ3) is 0.851. The van der Waals surface area contributed by atoms with E-state index < -0.39 is 25.3 Å². The van der Waals surface area contributed by atoms with Crippen molar-refractivity contribution in [2.45, 2.75) is 0 Å². The highest BCUT2D eigenvalue weighted by Gasteiger charge is 2.08. The Balaban J connectivity index is 3.09. The molecule has 0 spiro atoms. The average Bonchev–Trinajstić information content (AvgIpc) is 2.62. The minimum Gasteiger partial charge on any atom is -0.339 e.